The Labute approximate surface area is 106 Å². The molecule has 1 aromatic rings. The van der Waals surface area contributed by atoms with Gasteiger partial charge >= 0.3 is 0 Å². The Morgan fingerprint density at radius 2 is 2.00 bits per heavy atom. The average Bonchev–Trinajstić information content (AvgIpc) is 2.29. The molecule has 1 rings (SSSR count). The van der Waals surface area contributed by atoms with Crippen LogP contribution in [0.3, 0.4) is 0 Å². The van der Waals surface area contributed by atoms with Gasteiger partial charge in [-0.05, 0) is 19.9 Å². The van der Waals surface area contributed by atoms with Crippen molar-refractivity contribution in [1.29, 1.82) is 0 Å². The molecule has 1 unspecified atom stereocenters. The molecular formula is C11H16NO5P. The van der Waals surface area contributed by atoms with Gasteiger partial charge in [-0.15, -0.1) is 0 Å². The third kappa shape index (κ3) is 3.31. The van der Waals surface area contributed by atoms with Crippen LogP contribution in [0.15, 0.2) is 18.2 Å². The largest absolute Gasteiger partial charge is 0.494 e. The number of rotatable bonds is 6. The van der Waals surface area contributed by atoms with E-state index in [0.717, 1.165) is 0 Å². The highest BCUT2D eigenvalue weighted by atomic mass is 31.2. The summed E-state index contributed by atoms with van der Waals surface area (Å²) in [7, 11) is -3.21. The van der Waals surface area contributed by atoms with E-state index in [1.54, 1.807) is 13.8 Å². The van der Waals surface area contributed by atoms with Gasteiger partial charge in [-0.3, -0.25) is 14.7 Å². The van der Waals surface area contributed by atoms with E-state index in [2.05, 4.69) is 0 Å². The highest BCUT2D eigenvalue weighted by Gasteiger charge is 2.29. The second kappa shape index (κ2) is 5.98. The fourth-order valence-corrected chi connectivity index (χ4v) is 3.12. The summed E-state index contributed by atoms with van der Waals surface area (Å²) in [5, 5.41) is 11.0. The van der Waals surface area contributed by atoms with E-state index in [1.807, 2.05) is 0 Å². The Kier molecular flexibility index (Phi) is 4.87. The standard InChI is InChI=1S/C11H16NO5P/c1-4-16-9-6-7-10(12(13)14)11(8-9)18(3,15)17-5-2/h6-8H,4-5H2,1-3H3. The first kappa shape index (κ1) is 14.7. The van der Waals surface area contributed by atoms with Gasteiger partial charge in [0.15, 0.2) is 0 Å². The number of benzene rings is 1. The van der Waals surface area contributed by atoms with Gasteiger partial charge in [0.2, 0.25) is 7.37 Å². The number of nitro groups is 1. The van der Waals surface area contributed by atoms with Crippen molar-refractivity contribution in [2.75, 3.05) is 19.9 Å². The Morgan fingerprint density at radius 3 is 2.50 bits per heavy atom. The van der Waals surface area contributed by atoms with Gasteiger partial charge in [0.25, 0.3) is 5.69 Å². The zero-order valence-corrected chi connectivity index (χ0v) is 11.5. The van der Waals surface area contributed by atoms with Crippen molar-refractivity contribution >= 4 is 18.4 Å². The van der Waals surface area contributed by atoms with Crippen LogP contribution in [-0.4, -0.2) is 24.8 Å². The van der Waals surface area contributed by atoms with E-state index in [1.165, 1.54) is 24.9 Å². The highest BCUT2D eigenvalue weighted by molar-refractivity contribution is 7.66. The predicted molar refractivity (Wildman–Crippen MR) is 69.1 cm³/mol. The van der Waals surface area contributed by atoms with Crippen molar-refractivity contribution in [2.24, 2.45) is 0 Å². The molecule has 100 valence electrons. The van der Waals surface area contributed by atoms with Crippen molar-refractivity contribution in [2.45, 2.75) is 13.8 Å². The summed E-state index contributed by atoms with van der Waals surface area (Å²) in [4.78, 5) is 10.4. The lowest BCUT2D eigenvalue weighted by molar-refractivity contribution is -0.383. The molecule has 0 N–H and O–H groups in total. The number of hydrogen-bond acceptors (Lipinski definition) is 5. The average molecular weight is 273 g/mol. The quantitative estimate of drug-likeness (QED) is 0.452. The lowest BCUT2D eigenvalue weighted by atomic mass is 10.3. The molecule has 1 atom stereocenters. The molecular weight excluding hydrogens is 257 g/mol. The zero-order valence-electron chi connectivity index (χ0n) is 10.6. The monoisotopic (exact) mass is 273 g/mol. The number of hydrogen-bond donors (Lipinski definition) is 0. The maximum Gasteiger partial charge on any atom is 0.282 e. The molecule has 6 nitrogen and oxygen atoms in total. The molecule has 0 aliphatic carbocycles. The minimum absolute atomic E-state index is 0.0836. The van der Waals surface area contributed by atoms with Crippen LogP contribution < -0.4 is 10.0 Å². The smallest absolute Gasteiger partial charge is 0.282 e. The summed E-state index contributed by atoms with van der Waals surface area (Å²) in [6.45, 7) is 5.52. The van der Waals surface area contributed by atoms with E-state index in [0.29, 0.717) is 12.4 Å². The van der Waals surface area contributed by atoms with Gasteiger partial charge in [-0.1, -0.05) is 0 Å². The summed E-state index contributed by atoms with van der Waals surface area (Å²) in [6, 6.07) is 4.19. The minimum atomic E-state index is -3.21. The van der Waals surface area contributed by atoms with Crippen LogP contribution in [-0.2, 0) is 9.09 Å². The molecule has 0 saturated heterocycles. The van der Waals surface area contributed by atoms with Gasteiger partial charge in [-0.2, -0.15) is 0 Å². The fraction of sp³-hybridized carbons (Fsp3) is 0.455. The fourth-order valence-electron chi connectivity index (χ4n) is 1.56. The number of nitrogens with zero attached hydrogens (tertiary/aromatic N) is 1. The van der Waals surface area contributed by atoms with Crippen molar-refractivity contribution in [3.63, 3.8) is 0 Å². The molecule has 0 amide bonds. The molecule has 0 aliphatic rings. The Bertz CT molecular complexity index is 488. The molecule has 0 spiro atoms. The van der Waals surface area contributed by atoms with Crippen LogP contribution in [0.5, 0.6) is 5.75 Å². The molecule has 0 aliphatic heterocycles. The molecule has 18 heavy (non-hydrogen) atoms. The SMILES string of the molecule is CCOc1ccc([N+](=O)[O-])c(P(C)(=O)OCC)c1. The number of ether oxygens (including phenoxy) is 1. The van der Waals surface area contributed by atoms with Crippen LogP contribution in [0.25, 0.3) is 0 Å². The van der Waals surface area contributed by atoms with Crippen LogP contribution in [0.4, 0.5) is 5.69 Å². The number of nitro benzene ring substituents is 1. The molecule has 7 heteroatoms. The second-order valence-corrected chi connectivity index (χ2v) is 6.04. The lowest BCUT2D eigenvalue weighted by Gasteiger charge is -2.14. The Balaban J connectivity index is 3.31. The van der Waals surface area contributed by atoms with Gasteiger partial charge in [0.05, 0.1) is 18.1 Å². The summed E-state index contributed by atoms with van der Waals surface area (Å²) in [6.07, 6.45) is 0. The summed E-state index contributed by atoms with van der Waals surface area (Å²) >= 11 is 0. The molecule has 1 aromatic carbocycles. The lowest BCUT2D eigenvalue weighted by Crippen LogP contribution is -2.13. The van der Waals surface area contributed by atoms with Crippen LogP contribution in [0.1, 0.15) is 13.8 Å². The van der Waals surface area contributed by atoms with Crippen molar-refractivity contribution in [3.8, 4) is 5.75 Å². The topological polar surface area (TPSA) is 78.7 Å². The third-order valence-electron chi connectivity index (χ3n) is 2.27. The second-order valence-electron chi connectivity index (χ2n) is 3.60. The van der Waals surface area contributed by atoms with Gasteiger partial charge in [-0.25, -0.2) is 0 Å². The highest BCUT2D eigenvalue weighted by Crippen LogP contribution is 2.44. The maximum absolute atomic E-state index is 12.3. The maximum atomic E-state index is 12.3. The molecule has 0 heterocycles. The van der Waals surface area contributed by atoms with Crippen molar-refractivity contribution in [3.05, 3.63) is 28.3 Å². The molecule has 0 fully saturated rings. The molecule has 0 aromatic heterocycles. The summed E-state index contributed by atoms with van der Waals surface area (Å²) in [5.41, 5.74) is -0.210. The Morgan fingerprint density at radius 1 is 1.33 bits per heavy atom. The summed E-state index contributed by atoms with van der Waals surface area (Å²) in [5.74, 6) is 0.444. The van der Waals surface area contributed by atoms with Gasteiger partial charge < -0.3 is 9.26 Å². The van der Waals surface area contributed by atoms with Gasteiger partial charge in [0.1, 0.15) is 11.1 Å². The first-order valence-electron chi connectivity index (χ1n) is 5.56. The zero-order chi connectivity index (χ0) is 13.8. The predicted octanol–water partition coefficient (Wildman–Crippen LogP) is 2.56. The molecule has 0 saturated carbocycles. The normalized spacial score (nSPS) is 13.9. The van der Waals surface area contributed by atoms with Crippen LogP contribution in [0, 0.1) is 10.1 Å². The van der Waals surface area contributed by atoms with E-state index in [4.69, 9.17) is 9.26 Å². The van der Waals surface area contributed by atoms with E-state index < -0.39 is 12.3 Å². The van der Waals surface area contributed by atoms with Crippen LogP contribution >= 0.6 is 7.37 Å². The van der Waals surface area contributed by atoms with Gasteiger partial charge in [0, 0.05) is 18.8 Å². The molecule has 0 bridgehead atoms. The van der Waals surface area contributed by atoms with Crippen molar-refractivity contribution < 1.29 is 18.7 Å². The molecule has 0 radical (unpaired) electrons. The third-order valence-corrected chi connectivity index (χ3v) is 4.25. The summed E-state index contributed by atoms with van der Waals surface area (Å²) < 4.78 is 22.7. The first-order valence-corrected chi connectivity index (χ1v) is 7.63. The first-order chi connectivity index (χ1) is 8.42. The van der Waals surface area contributed by atoms with E-state index >= 15 is 0 Å². The van der Waals surface area contributed by atoms with E-state index in [9.17, 15) is 14.7 Å². The van der Waals surface area contributed by atoms with E-state index in [-0.39, 0.29) is 17.6 Å². The minimum Gasteiger partial charge on any atom is -0.494 e. The Hall–Kier alpha value is -1.39. The van der Waals surface area contributed by atoms with Crippen molar-refractivity contribution in [1.82, 2.24) is 0 Å². The van der Waals surface area contributed by atoms with Crippen LogP contribution in [0.2, 0.25) is 0 Å².